The van der Waals surface area contributed by atoms with Gasteiger partial charge in [0.2, 0.25) is 0 Å². The van der Waals surface area contributed by atoms with Crippen molar-refractivity contribution in [1.29, 1.82) is 0 Å². The van der Waals surface area contributed by atoms with Gasteiger partial charge in [0.25, 0.3) is 0 Å². The highest BCUT2D eigenvalue weighted by Crippen LogP contribution is 2.31. The molecule has 1 unspecified atom stereocenters. The molecule has 2 heterocycles. The Bertz CT molecular complexity index is 859. The lowest BCUT2D eigenvalue weighted by atomic mass is 10.00. The van der Waals surface area contributed by atoms with Crippen LogP contribution in [0.4, 0.5) is 0 Å². The second-order valence-corrected chi connectivity index (χ2v) is 7.33. The lowest BCUT2D eigenvalue weighted by molar-refractivity contribution is 0.238. The number of hydrogen-bond donors (Lipinski definition) is 0. The summed E-state index contributed by atoms with van der Waals surface area (Å²) < 4.78 is 5.87. The number of pyridine rings is 2. The first-order valence-electron chi connectivity index (χ1n) is 9.67. The van der Waals surface area contributed by atoms with Crippen LogP contribution in [-0.2, 0) is 0 Å². The molecule has 0 amide bonds. The summed E-state index contributed by atoms with van der Waals surface area (Å²) in [6, 6.07) is 11.9. The second-order valence-electron chi connectivity index (χ2n) is 6.92. The van der Waals surface area contributed by atoms with Crippen molar-refractivity contribution in [2.45, 2.75) is 41.0 Å². The summed E-state index contributed by atoms with van der Waals surface area (Å²) in [5.41, 5.74) is 2.79. The van der Waals surface area contributed by atoms with Gasteiger partial charge in [-0.05, 0) is 36.5 Å². The average Bonchev–Trinajstić information content (AvgIpc) is 2.67. The molecule has 1 atom stereocenters. The lowest BCUT2D eigenvalue weighted by Gasteiger charge is -2.16. The zero-order valence-electron chi connectivity index (χ0n) is 16.9. The van der Waals surface area contributed by atoms with Crippen LogP contribution in [0.5, 0.6) is 5.75 Å². The summed E-state index contributed by atoms with van der Waals surface area (Å²) in [6.07, 6.45) is 4.65. The Morgan fingerprint density at radius 1 is 1.04 bits per heavy atom. The van der Waals surface area contributed by atoms with Gasteiger partial charge in [-0.2, -0.15) is 0 Å². The second kappa shape index (κ2) is 10.3. The van der Waals surface area contributed by atoms with Gasteiger partial charge in [0.1, 0.15) is 0 Å². The summed E-state index contributed by atoms with van der Waals surface area (Å²) in [7, 11) is 0. The maximum Gasteiger partial charge on any atom is 0.156 e. The summed E-state index contributed by atoms with van der Waals surface area (Å²) >= 11 is 6.44. The van der Waals surface area contributed by atoms with E-state index in [-0.39, 0.29) is 0 Å². The van der Waals surface area contributed by atoms with Gasteiger partial charge in [-0.3, -0.25) is 9.97 Å². The van der Waals surface area contributed by atoms with E-state index in [2.05, 4.69) is 30.7 Å². The Kier molecular flexibility index (Phi) is 8.05. The third-order valence-electron chi connectivity index (χ3n) is 4.14. The highest BCUT2D eigenvalue weighted by molar-refractivity contribution is 6.32. The van der Waals surface area contributed by atoms with Crippen LogP contribution in [-0.4, -0.2) is 16.6 Å². The maximum absolute atomic E-state index is 6.44. The van der Waals surface area contributed by atoms with Crippen molar-refractivity contribution in [2.24, 2.45) is 11.8 Å². The quantitative estimate of drug-likeness (QED) is 0.457. The van der Waals surface area contributed by atoms with Crippen LogP contribution >= 0.6 is 11.6 Å². The number of hydrogen-bond acceptors (Lipinski definition) is 3. The summed E-state index contributed by atoms with van der Waals surface area (Å²) in [5, 5.41) is 1.65. The Labute approximate surface area is 167 Å². The molecule has 3 aromatic rings. The minimum absolute atomic E-state index is 0.486. The SMILES string of the molecule is CC.CC(C)CC(C)COc1cnc(-c2ccnc3ccccc23)cc1Cl. The molecular formula is C23H29ClN2O. The van der Waals surface area contributed by atoms with E-state index in [0.717, 1.165) is 28.6 Å². The Morgan fingerprint density at radius 3 is 2.48 bits per heavy atom. The Morgan fingerprint density at radius 2 is 1.78 bits per heavy atom. The van der Waals surface area contributed by atoms with Gasteiger partial charge in [-0.25, -0.2) is 0 Å². The van der Waals surface area contributed by atoms with Crippen molar-refractivity contribution in [3.63, 3.8) is 0 Å². The minimum Gasteiger partial charge on any atom is -0.490 e. The van der Waals surface area contributed by atoms with Crippen LogP contribution in [0, 0.1) is 11.8 Å². The predicted octanol–water partition coefficient (Wildman–Crippen LogP) is 7.04. The van der Waals surface area contributed by atoms with E-state index in [1.807, 2.05) is 50.2 Å². The third-order valence-corrected chi connectivity index (χ3v) is 4.44. The normalized spacial score (nSPS) is 11.8. The largest absolute Gasteiger partial charge is 0.490 e. The molecule has 144 valence electrons. The molecule has 0 radical (unpaired) electrons. The van der Waals surface area contributed by atoms with E-state index in [4.69, 9.17) is 16.3 Å². The van der Waals surface area contributed by atoms with Crippen LogP contribution in [0.15, 0.2) is 48.8 Å². The number of ether oxygens (including phenoxy) is 1. The van der Waals surface area contributed by atoms with Crippen molar-refractivity contribution in [1.82, 2.24) is 9.97 Å². The topological polar surface area (TPSA) is 35.0 Å². The van der Waals surface area contributed by atoms with Crippen LogP contribution in [0.1, 0.15) is 41.0 Å². The summed E-state index contributed by atoms with van der Waals surface area (Å²) in [5.74, 6) is 1.79. The van der Waals surface area contributed by atoms with Gasteiger partial charge < -0.3 is 4.74 Å². The first-order chi connectivity index (χ1) is 13.0. The molecule has 0 spiro atoms. The highest BCUT2D eigenvalue weighted by atomic mass is 35.5. The van der Waals surface area contributed by atoms with E-state index in [9.17, 15) is 0 Å². The Hall–Kier alpha value is -2.13. The number of nitrogens with zero attached hydrogens (tertiary/aromatic N) is 2. The molecule has 0 bridgehead atoms. The first-order valence-corrected chi connectivity index (χ1v) is 10.0. The molecule has 3 rings (SSSR count). The molecule has 0 fully saturated rings. The lowest BCUT2D eigenvalue weighted by Crippen LogP contribution is -2.11. The van der Waals surface area contributed by atoms with Crippen molar-refractivity contribution >= 4 is 22.5 Å². The smallest absolute Gasteiger partial charge is 0.156 e. The number of fused-ring (bicyclic) bond motifs is 1. The average molecular weight is 385 g/mol. The fraction of sp³-hybridized carbons (Fsp3) is 0.391. The molecule has 0 aliphatic heterocycles. The number of para-hydroxylation sites is 1. The van der Waals surface area contributed by atoms with E-state index in [1.165, 1.54) is 0 Å². The molecule has 2 aromatic heterocycles. The molecular weight excluding hydrogens is 356 g/mol. The molecule has 27 heavy (non-hydrogen) atoms. The number of aromatic nitrogens is 2. The molecule has 0 N–H and O–H groups in total. The van der Waals surface area contributed by atoms with Crippen molar-refractivity contribution in [3.05, 3.63) is 53.8 Å². The van der Waals surface area contributed by atoms with Gasteiger partial charge >= 0.3 is 0 Å². The zero-order chi connectivity index (χ0) is 19.8. The maximum atomic E-state index is 6.44. The van der Waals surface area contributed by atoms with Crippen LogP contribution in [0.25, 0.3) is 22.2 Å². The monoisotopic (exact) mass is 384 g/mol. The molecule has 0 aliphatic carbocycles. The van der Waals surface area contributed by atoms with Gasteiger partial charge in [0.05, 0.1) is 29.0 Å². The van der Waals surface area contributed by atoms with Crippen LogP contribution in [0.3, 0.4) is 0 Å². The number of rotatable bonds is 6. The Balaban J connectivity index is 0.00000126. The summed E-state index contributed by atoms with van der Waals surface area (Å²) in [6.45, 7) is 11.3. The molecule has 0 aliphatic rings. The van der Waals surface area contributed by atoms with Crippen molar-refractivity contribution < 1.29 is 4.74 Å². The molecule has 4 heteroatoms. The fourth-order valence-corrected chi connectivity index (χ4v) is 3.30. The van der Waals surface area contributed by atoms with Crippen LogP contribution in [0.2, 0.25) is 5.02 Å². The predicted molar refractivity (Wildman–Crippen MR) is 115 cm³/mol. The van der Waals surface area contributed by atoms with Gasteiger partial charge in [0, 0.05) is 17.1 Å². The number of halogens is 1. The van der Waals surface area contributed by atoms with E-state index < -0.39 is 0 Å². The highest BCUT2D eigenvalue weighted by Gasteiger charge is 2.11. The van der Waals surface area contributed by atoms with Crippen LogP contribution < -0.4 is 4.74 Å². The van der Waals surface area contributed by atoms with Gasteiger partial charge in [-0.1, -0.05) is 64.4 Å². The van der Waals surface area contributed by atoms with E-state index in [1.54, 1.807) is 12.4 Å². The molecule has 0 saturated carbocycles. The summed E-state index contributed by atoms with van der Waals surface area (Å²) in [4.78, 5) is 8.96. The molecule has 3 nitrogen and oxygen atoms in total. The van der Waals surface area contributed by atoms with Crippen molar-refractivity contribution in [3.8, 4) is 17.0 Å². The minimum atomic E-state index is 0.486. The van der Waals surface area contributed by atoms with E-state index in [0.29, 0.717) is 29.2 Å². The van der Waals surface area contributed by atoms with Crippen molar-refractivity contribution in [2.75, 3.05) is 6.61 Å². The fourth-order valence-electron chi connectivity index (χ4n) is 3.10. The van der Waals surface area contributed by atoms with Gasteiger partial charge in [-0.15, -0.1) is 0 Å². The third kappa shape index (κ3) is 5.67. The van der Waals surface area contributed by atoms with E-state index >= 15 is 0 Å². The first kappa shape index (κ1) is 21.2. The standard InChI is InChI=1S/C21H23ClN2O.C2H6/c1-14(2)10-15(3)13-25-21-12-24-20(11-18(21)22)17-8-9-23-19-7-5-4-6-16(17)19;1-2/h4-9,11-12,14-15H,10,13H2,1-3H3;1-2H3. The molecule has 1 aromatic carbocycles. The molecule has 0 saturated heterocycles. The zero-order valence-corrected chi connectivity index (χ0v) is 17.6. The number of benzene rings is 1. The van der Waals surface area contributed by atoms with Gasteiger partial charge in [0.15, 0.2) is 5.75 Å².